The molecule has 6 aromatic rings. The average Bonchev–Trinajstić information content (AvgIpc) is 3.82. The van der Waals surface area contributed by atoms with E-state index >= 15 is 0 Å². The highest BCUT2D eigenvalue weighted by Gasteiger charge is 2.50. The van der Waals surface area contributed by atoms with E-state index in [0.717, 1.165) is 16.8 Å². The fourth-order valence-electron chi connectivity index (χ4n) is 7.48. The van der Waals surface area contributed by atoms with Gasteiger partial charge in [0.25, 0.3) is 0 Å². The van der Waals surface area contributed by atoms with Crippen LogP contribution in [0.3, 0.4) is 0 Å². The number of nitrogens with zero attached hydrogens (tertiary/aromatic N) is 4. The molecule has 2 unspecified atom stereocenters. The standard InChI is InChI=1S/C38H28N4/c1-38(2)31-13-7-6-12-25(31)27-18-17-26-24-16-15-23(20-28(24)29-21-30(29)33(26)34(27)38)36-40-35(22-10-4-3-5-11-22)41-37(42-36)32-14-8-9-19-39-32/h3-20,29-30H,21H2,1-2H3. The van der Waals surface area contributed by atoms with Crippen molar-refractivity contribution in [1.29, 1.82) is 0 Å². The molecule has 0 amide bonds. The van der Waals surface area contributed by atoms with Crippen molar-refractivity contribution >= 4 is 0 Å². The van der Waals surface area contributed by atoms with Crippen molar-refractivity contribution in [2.75, 3.05) is 0 Å². The van der Waals surface area contributed by atoms with Crippen LogP contribution in [0.4, 0.5) is 0 Å². The van der Waals surface area contributed by atoms with Gasteiger partial charge in [-0.3, -0.25) is 4.98 Å². The van der Waals surface area contributed by atoms with E-state index in [0.29, 0.717) is 29.3 Å². The molecule has 0 N–H and O–H groups in total. The molecular weight excluding hydrogens is 512 g/mol. The van der Waals surface area contributed by atoms with Crippen molar-refractivity contribution in [1.82, 2.24) is 19.9 Å². The lowest BCUT2D eigenvalue weighted by atomic mass is 9.74. The van der Waals surface area contributed by atoms with Crippen LogP contribution >= 0.6 is 0 Å². The third-order valence-corrected chi connectivity index (χ3v) is 9.48. The van der Waals surface area contributed by atoms with Crippen LogP contribution in [0.25, 0.3) is 56.5 Å². The number of pyridine rings is 1. The van der Waals surface area contributed by atoms with Crippen molar-refractivity contribution in [2.45, 2.75) is 37.5 Å². The predicted octanol–water partition coefficient (Wildman–Crippen LogP) is 8.83. The largest absolute Gasteiger partial charge is 0.253 e. The summed E-state index contributed by atoms with van der Waals surface area (Å²) in [6.07, 6.45) is 2.97. The summed E-state index contributed by atoms with van der Waals surface area (Å²) in [6.45, 7) is 4.80. The molecule has 3 aliphatic rings. The maximum absolute atomic E-state index is 4.97. The highest BCUT2D eigenvalue weighted by Crippen LogP contribution is 2.66. The first-order chi connectivity index (χ1) is 20.6. The van der Waals surface area contributed by atoms with Crippen LogP contribution in [0.5, 0.6) is 0 Å². The number of hydrogen-bond acceptors (Lipinski definition) is 4. The van der Waals surface area contributed by atoms with Gasteiger partial charge in [0.15, 0.2) is 17.5 Å². The van der Waals surface area contributed by atoms with Crippen LogP contribution in [-0.4, -0.2) is 19.9 Å². The van der Waals surface area contributed by atoms with Crippen LogP contribution in [0, 0.1) is 0 Å². The highest BCUT2D eigenvalue weighted by molar-refractivity contribution is 5.90. The van der Waals surface area contributed by atoms with Gasteiger partial charge in [-0.1, -0.05) is 98.8 Å². The average molecular weight is 541 g/mol. The lowest BCUT2D eigenvalue weighted by Gasteiger charge is -2.29. The normalized spacial score (nSPS) is 18.3. The molecule has 2 atom stereocenters. The molecule has 0 aliphatic heterocycles. The van der Waals surface area contributed by atoms with E-state index in [1.165, 1.54) is 45.4 Å². The second-order valence-electron chi connectivity index (χ2n) is 12.3. The monoisotopic (exact) mass is 540 g/mol. The Morgan fingerprint density at radius 2 is 1.31 bits per heavy atom. The Bertz CT molecular complexity index is 1990. The Balaban J connectivity index is 1.20. The van der Waals surface area contributed by atoms with Gasteiger partial charge in [-0.05, 0) is 81.0 Å². The lowest BCUT2D eigenvalue weighted by Crippen LogP contribution is -2.18. The molecule has 1 saturated carbocycles. The van der Waals surface area contributed by atoms with Crippen LogP contribution in [-0.2, 0) is 5.41 Å². The van der Waals surface area contributed by atoms with E-state index in [1.54, 1.807) is 11.8 Å². The minimum absolute atomic E-state index is 0.00243. The minimum Gasteiger partial charge on any atom is -0.253 e. The van der Waals surface area contributed by atoms with Crippen molar-refractivity contribution in [2.24, 2.45) is 0 Å². The van der Waals surface area contributed by atoms with E-state index in [4.69, 9.17) is 15.0 Å². The Morgan fingerprint density at radius 3 is 2.14 bits per heavy atom. The number of hydrogen-bond donors (Lipinski definition) is 0. The van der Waals surface area contributed by atoms with Gasteiger partial charge in [-0.15, -0.1) is 0 Å². The van der Waals surface area contributed by atoms with Gasteiger partial charge in [0.2, 0.25) is 0 Å². The molecule has 200 valence electrons. The fourth-order valence-corrected chi connectivity index (χ4v) is 7.48. The Morgan fingerprint density at radius 1 is 0.595 bits per heavy atom. The predicted molar refractivity (Wildman–Crippen MR) is 167 cm³/mol. The van der Waals surface area contributed by atoms with Crippen LogP contribution in [0.15, 0.2) is 109 Å². The minimum atomic E-state index is 0.00243. The van der Waals surface area contributed by atoms with Gasteiger partial charge in [0, 0.05) is 22.7 Å². The van der Waals surface area contributed by atoms with E-state index in [1.807, 2.05) is 48.5 Å². The quantitative estimate of drug-likeness (QED) is 0.225. The van der Waals surface area contributed by atoms with Gasteiger partial charge >= 0.3 is 0 Å². The van der Waals surface area contributed by atoms with Crippen LogP contribution in [0.2, 0.25) is 0 Å². The molecule has 3 aliphatic carbocycles. The molecule has 0 saturated heterocycles. The third kappa shape index (κ3) is 3.35. The van der Waals surface area contributed by atoms with E-state index in [2.05, 4.69) is 73.4 Å². The van der Waals surface area contributed by atoms with Crippen molar-refractivity contribution in [3.8, 4) is 56.5 Å². The molecule has 4 nitrogen and oxygen atoms in total. The Hall–Kier alpha value is -4.96. The number of fused-ring (bicyclic) bond motifs is 10. The van der Waals surface area contributed by atoms with Crippen molar-refractivity contribution in [3.05, 3.63) is 132 Å². The zero-order valence-corrected chi connectivity index (χ0v) is 23.5. The molecule has 9 rings (SSSR count). The zero-order chi connectivity index (χ0) is 28.0. The first-order valence-electron chi connectivity index (χ1n) is 14.7. The smallest absolute Gasteiger partial charge is 0.182 e. The van der Waals surface area contributed by atoms with Gasteiger partial charge in [-0.2, -0.15) is 0 Å². The van der Waals surface area contributed by atoms with E-state index in [9.17, 15) is 0 Å². The molecule has 4 aromatic carbocycles. The molecule has 4 heteroatoms. The van der Waals surface area contributed by atoms with Gasteiger partial charge in [-0.25, -0.2) is 15.0 Å². The topological polar surface area (TPSA) is 51.6 Å². The summed E-state index contributed by atoms with van der Waals surface area (Å²) in [7, 11) is 0. The summed E-state index contributed by atoms with van der Waals surface area (Å²) in [6, 6.07) is 36.4. The second kappa shape index (κ2) is 8.53. The first kappa shape index (κ1) is 23.7. The number of rotatable bonds is 3. The maximum atomic E-state index is 4.97. The summed E-state index contributed by atoms with van der Waals surface area (Å²) in [5, 5.41) is 0. The fraction of sp³-hybridized carbons (Fsp3) is 0.158. The Kier molecular flexibility index (Phi) is 4.81. The number of benzene rings is 4. The van der Waals surface area contributed by atoms with Crippen LogP contribution in [0.1, 0.15) is 54.4 Å². The first-order valence-corrected chi connectivity index (χ1v) is 14.7. The molecular formula is C38H28N4. The molecule has 0 bridgehead atoms. The van der Waals surface area contributed by atoms with Crippen molar-refractivity contribution < 1.29 is 0 Å². The summed E-state index contributed by atoms with van der Waals surface area (Å²) in [5.41, 5.74) is 14.3. The summed E-state index contributed by atoms with van der Waals surface area (Å²) < 4.78 is 0. The molecule has 0 radical (unpaired) electrons. The SMILES string of the molecule is CC1(C)c2ccccc2-c2ccc3c(c21)C1CC1c1cc(-c2nc(-c4ccccc4)nc(-c4ccccn4)n2)ccc1-3. The van der Waals surface area contributed by atoms with Gasteiger partial charge in [0.05, 0.1) is 0 Å². The molecule has 0 spiro atoms. The molecule has 2 heterocycles. The molecule has 1 fully saturated rings. The van der Waals surface area contributed by atoms with Crippen molar-refractivity contribution in [3.63, 3.8) is 0 Å². The Labute approximate surface area is 245 Å². The summed E-state index contributed by atoms with van der Waals surface area (Å²) >= 11 is 0. The second-order valence-corrected chi connectivity index (χ2v) is 12.3. The summed E-state index contributed by atoms with van der Waals surface area (Å²) in [5.74, 6) is 3.02. The maximum Gasteiger partial charge on any atom is 0.182 e. The highest BCUT2D eigenvalue weighted by atomic mass is 15.0. The van der Waals surface area contributed by atoms with Gasteiger partial charge < -0.3 is 0 Å². The molecule has 2 aromatic heterocycles. The van der Waals surface area contributed by atoms with Gasteiger partial charge in [0.1, 0.15) is 5.69 Å². The molecule has 42 heavy (non-hydrogen) atoms. The third-order valence-electron chi connectivity index (χ3n) is 9.48. The lowest BCUT2D eigenvalue weighted by molar-refractivity contribution is 0.650. The number of aromatic nitrogens is 4. The zero-order valence-electron chi connectivity index (χ0n) is 23.5. The summed E-state index contributed by atoms with van der Waals surface area (Å²) in [4.78, 5) is 19.3. The van der Waals surface area contributed by atoms with E-state index < -0.39 is 0 Å². The van der Waals surface area contributed by atoms with E-state index in [-0.39, 0.29) is 5.41 Å². The van der Waals surface area contributed by atoms with Crippen LogP contribution < -0.4 is 0 Å².